The number of rotatable bonds is 3. The summed E-state index contributed by atoms with van der Waals surface area (Å²) in [6.07, 6.45) is 5.50. The zero-order valence-electron chi connectivity index (χ0n) is 11.9. The van der Waals surface area contributed by atoms with Gasteiger partial charge in [0.25, 0.3) is 0 Å². The third kappa shape index (κ3) is 2.48. The third-order valence-corrected chi connectivity index (χ3v) is 4.54. The standard InChI is InChI=1S/C16H20ClN3/c1-11(12-6-3-4-7-14(12)17)19-15-8-5-9-16-13(15)10-18-20(16)2/h3-4,6-7,10-11,15,19H,5,8-9H2,1-2H3/t11-,15?/m1/s1. The molecule has 0 aliphatic heterocycles. The monoisotopic (exact) mass is 289 g/mol. The van der Waals surface area contributed by atoms with Crippen LogP contribution in [0.4, 0.5) is 0 Å². The van der Waals surface area contributed by atoms with Crippen LogP contribution in [0.3, 0.4) is 0 Å². The van der Waals surface area contributed by atoms with E-state index in [-0.39, 0.29) is 6.04 Å². The lowest BCUT2D eigenvalue weighted by atomic mass is 9.92. The highest BCUT2D eigenvalue weighted by atomic mass is 35.5. The van der Waals surface area contributed by atoms with Crippen LogP contribution in [0.15, 0.2) is 30.5 Å². The summed E-state index contributed by atoms with van der Waals surface area (Å²) >= 11 is 6.28. The van der Waals surface area contributed by atoms with E-state index in [1.54, 1.807) is 0 Å². The van der Waals surface area contributed by atoms with Crippen molar-refractivity contribution in [3.8, 4) is 0 Å². The van der Waals surface area contributed by atoms with Gasteiger partial charge >= 0.3 is 0 Å². The van der Waals surface area contributed by atoms with Crippen molar-refractivity contribution >= 4 is 11.6 Å². The summed E-state index contributed by atoms with van der Waals surface area (Å²) < 4.78 is 2.00. The molecule has 0 amide bonds. The van der Waals surface area contributed by atoms with Gasteiger partial charge in [-0.1, -0.05) is 29.8 Å². The van der Waals surface area contributed by atoms with Crippen LogP contribution < -0.4 is 5.32 Å². The molecule has 106 valence electrons. The van der Waals surface area contributed by atoms with E-state index in [0.717, 1.165) is 23.4 Å². The minimum atomic E-state index is 0.236. The van der Waals surface area contributed by atoms with Gasteiger partial charge in [0.2, 0.25) is 0 Å². The summed E-state index contributed by atoms with van der Waals surface area (Å²) in [5.41, 5.74) is 3.86. The van der Waals surface area contributed by atoms with Crippen molar-refractivity contribution in [2.45, 2.75) is 38.3 Å². The highest BCUT2D eigenvalue weighted by molar-refractivity contribution is 6.31. The topological polar surface area (TPSA) is 29.9 Å². The molecule has 1 aliphatic rings. The van der Waals surface area contributed by atoms with Crippen molar-refractivity contribution in [3.63, 3.8) is 0 Å². The number of aryl methyl sites for hydroxylation is 1. The fourth-order valence-electron chi connectivity index (χ4n) is 3.10. The van der Waals surface area contributed by atoms with Gasteiger partial charge in [-0.3, -0.25) is 4.68 Å². The van der Waals surface area contributed by atoms with Crippen molar-refractivity contribution < 1.29 is 0 Å². The summed E-state index contributed by atoms with van der Waals surface area (Å²) in [4.78, 5) is 0. The SMILES string of the molecule is C[C@@H](NC1CCCc2c1cnn2C)c1ccccc1Cl. The number of halogens is 1. The van der Waals surface area contributed by atoms with Crippen molar-refractivity contribution in [3.05, 3.63) is 52.3 Å². The maximum atomic E-state index is 6.28. The molecule has 1 N–H and O–H groups in total. The van der Waals surface area contributed by atoms with Gasteiger partial charge in [0, 0.05) is 35.4 Å². The van der Waals surface area contributed by atoms with Crippen molar-refractivity contribution in [2.24, 2.45) is 7.05 Å². The fraction of sp³-hybridized carbons (Fsp3) is 0.438. The van der Waals surface area contributed by atoms with Crippen LogP contribution in [0.2, 0.25) is 5.02 Å². The number of nitrogens with zero attached hydrogens (tertiary/aromatic N) is 2. The Kier molecular flexibility index (Phi) is 3.81. The Morgan fingerprint density at radius 2 is 2.20 bits per heavy atom. The summed E-state index contributed by atoms with van der Waals surface area (Å²) in [7, 11) is 2.03. The van der Waals surface area contributed by atoms with E-state index in [4.69, 9.17) is 11.6 Å². The molecule has 1 aliphatic carbocycles. The summed E-state index contributed by atoms with van der Waals surface area (Å²) in [5, 5.41) is 8.93. The van der Waals surface area contributed by atoms with E-state index in [1.807, 2.05) is 36.1 Å². The van der Waals surface area contributed by atoms with Crippen LogP contribution in [0, 0.1) is 0 Å². The maximum Gasteiger partial charge on any atom is 0.0540 e. The Balaban J connectivity index is 1.81. The first kappa shape index (κ1) is 13.7. The Hall–Kier alpha value is -1.32. The summed E-state index contributed by atoms with van der Waals surface area (Å²) in [6, 6.07) is 8.66. The van der Waals surface area contributed by atoms with Crippen molar-refractivity contribution in [1.82, 2.24) is 15.1 Å². The second-order valence-electron chi connectivity index (χ2n) is 5.52. The van der Waals surface area contributed by atoms with Crippen molar-refractivity contribution in [1.29, 1.82) is 0 Å². The third-order valence-electron chi connectivity index (χ3n) is 4.20. The molecule has 3 nitrogen and oxygen atoms in total. The average Bonchev–Trinajstić information content (AvgIpc) is 2.82. The van der Waals surface area contributed by atoms with E-state index in [0.29, 0.717) is 6.04 Å². The summed E-state index contributed by atoms with van der Waals surface area (Å²) in [6.45, 7) is 2.17. The maximum absolute atomic E-state index is 6.28. The van der Waals surface area contributed by atoms with Crippen LogP contribution in [0.5, 0.6) is 0 Å². The predicted octanol–water partition coefficient (Wildman–Crippen LogP) is 3.80. The normalized spacial score (nSPS) is 19.6. The second-order valence-corrected chi connectivity index (χ2v) is 5.93. The molecule has 1 heterocycles. The number of benzene rings is 1. The lowest BCUT2D eigenvalue weighted by Crippen LogP contribution is -2.28. The molecule has 4 heteroatoms. The molecule has 0 saturated heterocycles. The van der Waals surface area contributed by atoms with E-state index in [2.05, 4.69) is 23.4 Å². The van der Waals surface area contributed by atoms with Gasteiger partial charge in [-0.2, -0.15) is 5.10 Å². The zero-order valence-corrected chi connectivity index (χ0v) is 12.7. The molecule has 1 aromatic heterocycles. The Morgan fingerprint density at radius 3 is 3.00 bits per heavy atom. The van der Waals surface area contributed by atoms with Crippen molar-refractivity contribution in [2.75, 3.05) is 0 Å². The molecule has 2 aromatic rings. The molecule has 1 unspecified atom stereocenters. The molecule has 0 radical (unpaired) electrons. The molecule has 20 heavy (non-hydrogen) atoms. The fourth-order valence-corrected chi connectivity index (χ4v) is 3.40. The van der Waals surface area contributed by atoms with Gasteiger partial charge in [-0.15, -0.1) is 0 Å². The highest BCUT2D eigenvalue weighted by Gasteiger charge is 2.25. The quantitative estimate of drug-likeness (QED) is 0.931. The molecular weight excluding hydrogens is 270 g/mol. The summed E-state index contributed by atoms with van der Waals surface area (Å²) in [5.74, 6) is 0. The molecule has 0 spiro atoms. The predicted molar refractivity (Wildman–Crippen MR) is 81.9 cm³/mol. The van der Waals surface area contributed by atoms with Gasteiger partial charge in [0.15, 0.2) is 0 Å². The van der Waals surface area contributed by atoms with Crippen LogP contribution in [-0.4, -0.2) is 9.78 Å². The lowest BCUT2D eigenvalue weighted by molar-refractivity contribution is 0.411. The first-order valence-electron chi connectivity index (χ1n) is 7.18. The van der Waals surface area contributed by atoms with Gasteiger partial charge in [-0.25, -0.2) is 0 Å². The van der Waals surface area contributed by atoms with Crippen LogP contribution in [-0.2, 0) is 13.5 Å². The minimum Gasteiger partial charge on any atom is -0.303 e. The van der Waals surface area contributed by atoms with Crippen LogP contribution in [0.1, 0.15) is 48.7 Å². The second kappa shape index (κ2) is 5.58. The highest BCUT2D eigenvalue weighted by Crippen LogP contribution is 2.32. The largest absolute Gasteiger partial charge is 0.303 e. The Morgan fingerprint density at radius 1 is 1.40 bits per heavy atom. The average molecular weight is 290 g/mol. The molecular formula is C16H20ClN3. The van der Waals surface area contributed by atoms with Gasteiger partial charge in [0.05, 0.1) is 6.20 Å². The van der Waals surface area contributed by atoms with E-state index in [9.17, 15) is 0 Å². The zero-order chi connectivity index (χ0) is 14.1. The number of aromatic nitrogens is 2. The molecule has 0 saturated carbocycles. The van der Waals surface area contributed by atoms with E-state index < -0.39 is 0 Å². The van der Waals surface area contributed by atoms with E-state index >= 15 is 0 Å². The number of hydrogen-bond donors (Lipinski definition) is 1. The van der Waals surface area contributed by atoms with Crippen LogP contribution >= 0.6 is 11.6 Å². The van der Waals surface area contributed by atoms with Crippen LogP contribution in [0.25, 0.3) is 0 Å². The van der Waals surface area contributed by atoms with Gasteiger partial charge in [0.1, 0.15) is 0 Å². The first-order valence-corrected chi connectivity index (χ1v) is 7.56. The molecule has 3 rings (SSSR count). The number of nitrogens with one attached hydrogen (secondary N) is 1. The minimum absolute atomic E-state index is 0.236. The molecule has 0 fully saturated rings. The molecule has 1 aromatic carbocycles. The number of hydrogen-bond acceptors (Lipinski definition) is 2. The molecule has 2 atom stereocenters. The smallest absolute Gasteiger partial charge is 0.0540 e. The lowest BCUT2D eigenvalue weighted by Gasteiger charge is -2.27. The van der Waals surface area contributed by atoms with Gasteiger partial charge in [-0.05, 0) is 37.8 Å². The van der Waals surface area contributed by atoms with Gasteiger partial charge < -0.3 is 5.32 Å². The molecule has 0 bridgehead atoms. The first-order chi connectivity index (χ1) is 9.66. The Labute approximate surface area is 124 Å². The Bertz CT molecular complexity index is 606. The number of fused-ring (bicyclic) bond motifs is 1. The van der Waals surface area contributed by atoms with E-state index in [1.165, 1.54) is 17.7 Å².